The van der Waals surface area contributed by atoms with Crippen molar-refractivity contribution in [1.82, 2.24) is 0 Å². The lowest BCUT2D eigenvalue weighted by molar-refractivity contribution is -0.121. The molecule has 1 aromatic rings. The summed E-state index contributed by atoms with van der Waals surface area (Å²) in [7, 11) is 1.30. The molecule has 10 heteroatoms. The van der Waals surface area contributed by atoms with Crippen LogP contribution in [0.1, 0.15) is 12.5 Å². The summed E-state index contributed by atoms with van der Waals surface area (Å²) < 4.78 is 4.66. The summed E-state index contributed by atoms with van der Waals surface area (Å²) in [6, 6.07) is 4.00. The molecule has 0 aromatic heterocycles. The number of aldehydes is 1. The van der Waals surface area contributed by atoms with Gasteiger partial charge in [-0.2, -0.15) is 0 Å². The molecule has 0 radical (unpaired) electrons. The van der Waals surface area contributed by atoms with Crippen LogP contribution in [0.5, 0.6) is 11.5 Å². The highest BCUT2D eigenvalue weighted by atomic mass is 32.2. The van der Waals surface area contributed by atoms with Gasteiger partial charge in [-0.05, 0) is 19.1 Å². The minimum Gasteiger partial charge on any atom is -0.508 e. The topological polar surface area (TPSA) is 160 Å². The minimum absolute atomic E-state index is 0.00628. The second kappa shape index (κ2) is 11.2. The molecule has 0 bridgehead atoms. The van der Waals surface area contributed by atoms with Crippen molar-refractivity contribution in [3.63, 3.8) is 0 Å². The highest BCUT2D eigenvalue weighted by molar-refractivity contribution is 8.14. The number of benzene rings is 1. The van der Waals surface area contributed by atoms with Crippen LogP contribution in [-0.4, -0.2) is 91.9 Å². The molecule has 0 amide bonds. The number of carbonyl (C=O) groups excluding carboxylic acids is 1. The monoisotopic (exact) mass is 403 g/mol. The van der Waals surface area contributed by atoms with Gasteiger partial charge in [-0.15, -0.1) is 11.8 Å². The standard InChI is InChI=1S/C10H9NO3S.C7H16O5/c12-4-6-5-15-10(11-6)8-2-1-7(13)3-9(8)14;1-4(9)6(10)7(11)5(3-8)12-2/h1-4,6,13-14H,5H2;4-11H,3H2,1-2H3/t;4-,5?,6?,7?/m.0/s1. The first kappa shape index (κ1) is 23.3. The van der Waals surface area contributed by atoms with Crippen LogP contribution in [0.4, 0.5) is 0 Å². The molecule has 27 heavy (non-hydrogen) atoms. The van der Waals surface area contributed by atoms with E-state index in [1.807, 2.05) is 0 Å². The number of hydrogen-bond donors (Lipinski definition) is 6. The summed E-state index contributed by atoms with van der Waals surface area (Å²) in [6.45, 7) is 0.944. The Labute approximate surface area is 161 Å². The van der Waals surface area contributed by atoms with Crippen LogP contribution in [0.2, 0.25) is 0 Å². The van der Waals surface area contributed by atoms with Gasteiger partial charge in [-0.25, -0.2) is 0 Å². The van der Waals surface area contributed by atoms with Gasteiger partial charge >= 0.3 is 0 Å². The Kier molecular flexibility index (Phi) is 9.70. The smallest absolute Gasteiger partial charge is 0.145 e. The third-order valence-electron chi connectivity index (χ3n) is 3.75. The Bertz CT molecular complexity index is 633. The van der Waals surface area contributed by atoms with E-state index in [-0.39, 0.29) is 17.5 Å². The predicted molar refractivity (Wildman–Crippen MR) is 100 cm³/mol. The normalized spacial score (nSPS) is 20.7. The fourth-order valence-corrected chi connectivity index (χ4v) is 3.15. The number of thioether (sulfide) groups is 1. The Morgan fingerprint density at radius 1 is 1.30 bits per heavy atom. The van der Waals surface area contributed by atoms with Crippen LogP contribution in [0.3, 0.4) is 0 Å². The zero-order chi connectivity index (χ0) is 20.6. The fourth-order valence-electron chi connectivity index (χ4n) is 2.13. The van der Waals surface area contributed by atoms with Crippen LogP contribution >= 0.6 is 11.8 Å². The average molecular weight is 403 g/mol. The Hall–Kier alpha value is -1.69. The number of aliphatic hydroxyl groups is 4. The van der Waals surface area contributed by atoms with E-state index in [9.17, 15) is 15.0 Å². The number of carbonyl (C=O) groups is 1. The Morgan fingerprint density at radius 3 is 2.41 bits per heavy atom. The molecule has 1 aromatic carbocycles. The van der Waals surface area contributed by atoms with Gasteiger partial charge < -0.3 is 40.2 Å². The second-order valence-electron chi connectivity index (χ2n) is 5.83. The largest absolute Gasteiger partial charge is 0.508 e. The van der Waals surface area contributed by atoms with Crippen LogP contribution < -0.4 is 0 Å². The zero-order valence-corrected chi connectivity index (χ0v) is 15.8. The van der Waals surface area contributed by atoms with Gasteiger partial charge in [0.15, 0.2) is 0 Å². The van der Waals surface area contributed by atoms with Crippen molar-refractivity contribution in [2.24, 2.45) is 4.99 Å². The molecule has 0 spiro atoms. The maximum atomic E-state index is 10.5. The molecule has 6 N–H and O–H groups in total. The number of phenols is 2. The summed E-state index contributed by atoms with van der Waals surface area (Å²) in [5.41, 5.74) is 0.558. The van der Waals surface area contributed by atoms with Crippen molar-refractivity contribution in [3.8, 4) is 11.5 Å². The first-order valence-electron chi connectivity index (χ1n) is 8.11. The van der Waals surface area contributed by atoms with Crippen molar-refractivity contribution in [2.75, 3.05) is 19.5 Å². The van der Waals surface area contributed by atoms with Crippen LogP contribution in [0, 0.1) is 0 Å². The van der Waals surface area contributed by atoms with Gasteiger partial charge in [-0.1, -0.05) is 0 Å². The van der Waals surface area contributed by atoms with Gasteiger partial charge in [0.1, 0.15) is 47.2 Å². The van der Waals surface area contributed by atoms with E-state index in [1.54, 1.807) is 6.07 Å². The predicted octanol–water partition coefficient (Wildman–Crippen LogP) is -0.745. The second-order valence-corrected chi connectivity index (χ2v) is 6.84. The van der Waals surface area contributed by atoms with E-state index in [1.165, 1.54) is 37.9 Å². The van der Waals surface area contributed by atoms with E-state index < -0.39 is 31.0 Å². The average Bonchev–Trinajstić information content (AvgIpc) is 3.11. The SMILES string of the molecule is COC(CO)C(O)C(O)[C@H](C)O.O=CC1CSC(c2ccc(O)cc2O)=N1. The van der Waals surface area contributed by atoms with Crippen molar-refractivity contribution in [2.45, 2.75) is 37.4 Å². The summed E-state index contributed by atoms with van der Waals surface area (Å²) in [5.74, 6) is 0.596. The number of hydrogen-bond acceptors (Lipinski definition) is 10. The molecule has 0 aliphatic carbocycles. The first-order valence-corrected chi connectivity index (χ1v) is 9.09. The number of aliphatic hydroxyl groups excluding tert-OH is 4. The molecule has 9 nitrogen and oxygen atoms in total. The number of methoxy groups -OCH3 is 1. The van der Waals surface area contributed by atoms with E-state index >= 15 is 0 Å². The fraction of sp³-hybridized carbons (Fsp3) is 0.529. The summed E-state index contributed by atoms with van der Waals surface area (Å²) in [4.78, 5) is 14.6. The van der Waals surface area contributed by atoms with E-state index in [2.05, 4.69) is 9.73 Å². The number of phenolic OH excluding ortho intramolecular Hbond substituents is 2. The molecule has 4 unspecified atom stereocenters. The van der Waals surface area contributed by atoms with Crippen molar-refractivity contribution >= 4 is 23.1 Å². The molecule has 1 aliphatic rings. The lowest BCUT2D eigenvalue weighted by Crippen LogP contribution is -2.45. The van der Waals surface area contributed by atoms with Crippen molar-refractivity contribution < 1.29 is 40.2 Å². The molecule has 2 rings (SSSR count). The van der Waals surface area contributed by atoms with Crippen LogP contribution in [0.25, 0.3) is 0 Å². The first-order chi connectivity index (χ1) is 12.7. The third kappa shape index (κ3) is 6.76. The number of ether oxygens (including phenoxy) is 1. The summed E-state index contributed by atoms with van der Waals surface area (Å²) >= 11 is 1.43. The number of nitrogens with zero attached hydrogens (tertiary/aromatic N) is 1. The lowest BCUT2D eigenvalue weighted by Gasteiger charge is -2.25. The van der Waals surface area contributed by atoms with Gasteiger partial charge in [0.05, 0.1) is 12.7 Å². The molecule has 5 atom stereocenters. The van der Waals surface area contributed by atoms with Gasteiger partial charge in [-0.3, -0.25) is 4.99 Å². The third-order valence-corrected chi connectivity index (χ3v) is 4.86. The number of aliphatic imine (C=N–C) groups is 1. The molecular weight excluding hydrogens is 378 g/mol. The van der Waals surface area contributed by atoms with Gasteiger partial charge in [0.2, 0.25) is 0 Å². The minimum atomic E-state index is -1.30. The van der Waals surface area contributed by atoms with E-state index in [4.69, 9.17) is 20.4 Å². The molecular formula is C17H25NO8S. The maximum Gasteiger partial charge on any atom is 0.145 e. The zero-order valence-electron chi connectivity index (χ0n) is 15.0. The molecule has 1 heterocycles. The molecule has 0 saturated carbocycles. The molecule has 152 valence electrons. The quantitative estimate of drug-likeness (QED) is 0.322. The summed E-state index contributed by atoms with van der Waals surface area (Å²) in [6.07, 6.45) is -3.71. The molecule has 1 aliphatic heterocycles. The summed E-state index contributed by atoms with van der Waals surface area (Å²) in [5, 5.41) is 55.2. The Morgan fingerprint density at radius 2 is 1.96 bits per heavy atom. The Balaban J connectivity index is 0.000000279. The van der Waals surface area contributed by atoms with E-state index in [0.29, 0.717) is 16.4 Å². The number of aromatic hydroxyl groups is 2. The van der Waals surface area contributed by atoms with Gasteiger partial charge in [0, 0.05) is 24.5 Å². The lowest BCUT2D eigenvalue weighted by atomic mass is 10.0. The van der Waals surface area contributed by atoms with E-state index in [0.717, 1.165) is 6.29 Å². The number of rotatable bonds is 7. The molecule has 0 saturated heterocycles. The molecule has 0 fully saturated rings. The van der Waals surface area contributed by atoms with Crippen molar-refractivity contribution in [3.05, 3.63) is 23.8 Å². The highest BCUT2D eigenvalue weighted by Crippen LogP contribution is 2.30. The highest BCUT2D eigenvalue weighted by Gasteiger charge is 2.28. The van der Waals surface area contributed by atoms with Crippen molar-refractivity contribution in [1.29, 1.82) is 0 Å². The maximum absolute atomic E-state index is 10.5. The van der Waals surface area contributed by atoms with Crippen LogP contribution in [0.15, 0.2) is 23.2 Å². The van der Waals surface area contributed by atoms with Gasteiger partial charge in [0.25, 0.3) is 0 Å². The van der Waals surface area contributed by atoms with Crippen LogP contribution in [-0.2, 0) is 9.53 Å².